The van der Waals surface area contributed by atoms with E-state index >= 15 is 0 Å². The van der Waals surface area contributed by atoms with Crippen molar-refractivity contribution in [1.29, 1.82) is 0 Å². The normalized spacial score (nSPS) is 11.5. The highest BCUT2D eigenvalue weighted by molar-refractivity contribution is 6.34. The SMILES string of the molecule is CCC(C)(C)C(=O)c1ccc(N)cc1Cl. The van der Waals surface area contributed by atoms with Crippen LogP contribution in [0.15, 0.2) is 18.2 Å². The molecule has 0 aliphatic rings. The molecular weight excluding hydrogens is 210 g/mol. The van der Waals surface area contributed by atoms with E-state index in [1.54, 1.807) is 18.2 Å². The molecule has 0 saturated carbocycles. The van der Waals surface area contributed by atoms with Crippen molar-refractivity contribution in [1.82, 2.24) is 0 Å². The molecule has 0 bridgehead atoms. The van der Waals surface area contributed by atoms with Crippen LogP contribution in [-0.4, -0.2) is 5.78 Å². The summed E-state index contributed by atoms with van der Waals surface area (Å²) >= 11 is 5.99. The van der Waals surface area contributed by atoms with E-state index in [1.807, 2.05) is 20.8 Å². The van der Waals surface area contributed by atoms with E-state index in [9.17, 15) is 4.79 Å². The number of carbonyl (C=O) groups excluding carboxylic acids is 1. The molecule has 0 saturated heterocycles. The van der Waals surface area contributed by atoms with Crippen LogP contribution < -0.4 is 5.73 Å². The van der Waals surface area contributed by atoms with Gasteiger partial charge in [0.25, 0.3) is 0 Å². The van der Waals surface area contributed by atoms with Crippen molar-refractivity contribution >= 4 is 23.1 Å². The lowest BCUT2D eigenvalue weighted by Crippen LogP contribution is -2.23. The van der Waals surface area contributed by atoms with Gasteiger partial charge in [0.15, 0.2) is 5.78 Å². The number of nitrogens with two attached hydrogens (primary N) is 1. The minimum Gasteiger partial charge on any atom is -0.399 e. The lowest BCUT2D eigenvalue weighted by atomic mass is 9.82. The molecule has 0 aromatic heterocycles. The summed E-state index contributed by atoms with van der Waals surface area (Å²) < 4.78 is 0. The molecular formula is C12H16ClNO. The lowest BCUT2D eigenvalue weighted by molar-refractivity contribution is 0.0833. The minimum absolute atomic E-state index is 0.0648. The summed E-state index contributed by atoms with van der Waals surface area (Å²) in [5.74, 6) is 0.0648. The van der Waals surface area contributed by atoms with Crippen molar-refractivity contribution in [2.24, 2.45) is 5.41 Å². The number of benzene rings is 1. The summed E-state index contributed by atoms with van der Waals surface area (Å²) in [7, 11) is 0. The maximum absolute atomic E-state index is 12.1. The maximum atomic E-state index is 12.1. The second-order valence-corrected chi connectivity index (χ2v) is 4.71. The van der Waals surface area contributed by atoms with Crippen LogP contribution in [0.4, 0.5) is 5.69 Å². The van der Waals surface area contributed by atoms with Gasteiger partial charge in [0.2, 0.25) is 0 Å². The number of anilines is 1. The molecule has 15 heavy (non-hydrogen) atoms. The number of carbonyl (C=O) groups is 1. The van der Waals surface area contributed by atoms with Crippen molar-refractivity contribution in [3.63, 3.8) is 0 Å². The molecule has 1 aromatic carbocycles. The molecule has 0 aliphatic carbocycles. The number of hydrogen-bond donors (Lipinski definition) is 1. The molecule has 0 amide bonds. The first-order chi connectivity index (χ1) is 6.88. The van der Waals surface area contributed by atoms with Gasteiger partial charge in [-0.3, -0.25) is 4.79 Å². The first kappa shape index (κ1) is 12.1. The molecule has 2 nitrogen and oxygen atoms in total. The van der Waals surface area contributed by atoms with Gasteiger partial charge in [-0.15, -0.1) is 0 Å². The fraction of sp³-hybridized carbons (Fsp3) is 0.417. The molecule has 0 radical (unpaired) electrons. The van der Waals surface area contributed by atoms with E-state index in [0.29, 0.717) is 16.3 Å². The molecule has 1 aromatic rings. The Balaban J connectivity index is 3.12. The Hall–Kier alpha value is -1.02. The molecule has 0 fully saturated rings. The highest BCUT2D eigenvalue weighted by Crippen LogP contribution is 2.29. The third-order valence-electron chi connectivity index (χ3n) is 2.74. The van der Waals surface area contributed by atoms with Gasteiger partial charge in [0.1, 0.15) is 0 Å². The molecule has 0 atom stereocenters. The average molecular weight is 226 g/mol. The van der Waals surface area contributed by atoms with E-state index in [-0.39, 0.29) is 11.2 Å². The topological polar surface area (TPSA) is 43.1 Å². The van der Waals surface area contributed by atoms with Gasteiger partial charge < -0.3 is 5.73 Å². The van der Waals surface area contributed by atoms with Gasteiger partial charge in [-0.1, -0.05) is 32.4 Å². The largest absolute Gasteiger partial charge is 0.399 e. The summed E-state index contributed by atoms with van der Waals surface area (Å²) in [6, 6.07) is 5.00. The summed E-state index contributed by atoms with van der Waals surface area (Å²) in [6.07, 6.45) is 0.784. The molecule has 0 spiro atoms. The standard InChI is InChI=1S/C12H16ClNO/c1-4-12(2,3)11(15)9-6-5-8(14)7-10(9)13/h5-7H,4,14H2,1-3H3. The Bertz CT molecular complexity index is 385. The summed E-state index contributed by atoms with van der Waals surface area (Å²) in [6.45, 7) is 5.83. The molecule has 82 valence electrons. The van der Waals surface area contributed by atoms with Gasteiger partial charge in [0.05, 0.1) is 5.02 Å². The van der Waals surface area contributed by atoms with E-state index in [2.05, 4.69) is 0 Å². The molecule has 0 heterocycles. The highest BCUT2D eigenvalue weighted by Gasteiger charge is 2.27. The van der Waals surface area contributed by atoms with Crippen LogP contribution in [-0.2, 0) is 0 Å². The molecule has 3 heteroatoms. The Morgan fingerprint density at radius 3 is 2.53 bits per heavy atom. The van der Waals surface area contributed by atoms with Gasteiger partial charge in [-0.05, 0) is 24.6 Å². The van der Waals surface area contributed by atoms with Crippen LogP contribution >= 0.6 is 11.6 Å². The van der Waals surface area contributed by atoms with Crippen LogP contribution in [0, 0.1) is 5.41 Å². The number of Topliss-reactive ketones (excluding diaryl/α,β-unsaturated/α-hetero) is 1. The zero-order chi connectivity index (χ0) is 11.6. The summed E-state index contributed by atoms with van der Waals surface area (Å²) in [5.41, 5.74) is 6.33. The average Bonchev–Trinajstić information content (AvgIpc) is 2.17. The van der Waals surface area contributed by atoms with Crippen LogP contribution in [0.1, 0.15) is 37.6 Å². The Labute approximate surface area is 95.4 Å². The second kappa shape index (κ2) is 4.23. The van der Waals surface area contributed by atoms with Crippen LogP contribution in [0.2, 0.25) is 5.02 Å². The fourth-order valence-corrected chi connectivity index (χ4v) is 1.52. The second-order valence-electron chi connectivity index (χ2n) is 4.31. The molecule has 2 N–H and O–H groups in total. The number of ketones is 1. The van der Waals surface area contributed by atoms with Gasteiger partial charge in [-0.25, -0.2) is 0 Å². The molecule has 0 aliphatic heterocycles. The quantitative estimate of drug-likeness (QED) is 0.632. The predicted molar refractivity (Wildman–Crippen MR) is 64.3 cm³/mol. The van der Waals surface area contributed by atoms with Crippen LogP contribution in [0.3, 0.4) is 0 Å². The van der Waals surface area contributed by atoms with E-state index < -0.39 is 0 Å². The van der Waals surface area contributed by atoms with Crippen molar-refractivity contribution in [3.05, 3.63) is 28.8 Å². The summed E-state index contributed by atoms with van der Waals surface area (Å²) in [5, 5.41) is 0.432. The van der Waals surface area contributed by atoms with Gasteiger partial charge in [0, 0.05) is 16.7 Å². The zero-order valence-electron chi connectivity index (χ0n) is 9.30. The van der Waals surface area contributed by atoms with E-state index in [1.165, 1.54) is 0 Å². The fourth-order valence-electron chi connectivity index (χ4n) is 1.24. The Morgan fingerprint density at radius 1 is 1.47 bits per heavy atom. The predicted octanol–water partition coefficient (Wildman–Crippen LogP) is 3.54. The van der Waals surface area contributed by atoms with Crippen molar-refractivity contribution in [2.75, 3.05) is 5.73 Å². The number of rotatable bonds is 3. The first-order valence-corrected chi connectivity index (χ1v) is 5.36. The highest BCUT2D eigenvalue weighted by atomic mass is 35.5. The van der Waals surface area contributed by atoms with E-state index in [0.717, 1.165) is 6.42 Å². The van der Waals surface area contributed by atoms with Crippen molar-refractivity contribution in [3.8, 4) is 0 Å². The Morgan fingerprint density at radius 2 is 2.07 bits per heavy atom. The smallest absolute Gasteiger partial charge is 0.169 e. The zero-order valence-corrected chi connectivity index (χ0v) is 10.1. The summed E-state index contributed by atoms with van der Waals surface area (Å²) in [4.78, 5) is 12.1. The van der Waals surface area contributed by atoms with Gasteiger partial charge in [-0.2, -0.15) is 0 Å². The number of hydrogen-bond acceptors (Lipinski definition) is 2. The van der Waals surface area contributed by atoms with Crippen LogP contribution in [0.25, 0.3) is 0 Å². The van der Waals surface area contributed by atoms with Crippen molar-refractivity contribution < 1.29 is 4.79 Å². The lowest BCUT2D eigenvalue weighted by Gasteiger charge is -2.21. The first-order valence-electron chi connectivity index (χ1n) is 4.98. The Kier molecular flexibility index (Phi) is 3.40. The van der Waals surface area contributed by atoms with Crippen LogP contribution in [0.5, 0.6) is 0 Å². The van der Waals surface area contributed by atoms with E-state index in [4.69, 9.17) is 17.3 Å². The van der Waals surface area contributed by atoms with Crippen molar-refractivity contribution in [2.45, 2.75) is 27.2 Å². The maximum Gasteiger partial charge on any atom is 0.169 e. The number of nitrogen functional groups attached to an aromatic ring is 1. The minimum atomic E-state index is -0.375. The monoisotopic (exact) mass is 225 g/mol. The molecule has 1 rings (SSSR count). The molecule has 0 unspecified atom stereocenters. The third-order valence-corrected chi connectivity index (χ3v) is 3.05. The third kappa shape index (κ3) is 2.51. The van der Waals surface area contributed by atoms with Gasteiger partial charge >= 0.3 is 0 Å². The number of halogens is 1.